The second-order valence-corrected chi connectivity index (χ2v) is 8.06. The van der Waals surface area contributed by atoms with E-state index in [1.807, 2.05) is 35.2 Å². The SMILES string of the molecule is Cc1noc(-c2ccc3nc(Nc4cc(CN5CCN(C=O)C[C@H]5C)ccn4)[nH]c3c2)n1. The highest BCUT2D eigenvalue weighted by molar-refractivity contribution is 5.82. The second-order valence-electron chi connectivity index (χ2n) is 8.06. The predicted octanol–water partition coefficient (Wildman–Crippen LogP) is 2.72. The van der Waals surface area contributed by atoms with E-state index in [0.29, 0.717) is 29.5 Å². The van der Waals surface area contributed by atoms with Crippen molar-refractivity contribution in [3.05, 3.63) is 47.9 Å². The number of nitrogens with one attached hydrogen (secondary N) is 2. The summed E-state index contributed by atoms with van der Waals surface area (Å²) in [5, 5.41) is 7.10. The van der Waals surface area contributed by atoms with Crippen LogP contribution in [0.2, 0.25) is 0 Å². The third kappa shape index (κ3) is 4.17. The third-order valence-electron chi connectivity index (χ3n) is 5.66. The largest absolute Gasteiger partial charge is 0.342 e. The van der Waals surface area contributed by atoms with Gasteiger partial charge in [0.1, 0.15) is 5.82 Å². The summed E-state index contributed by atoms with van der Waals surface area (Å²) in [5.41, 5.74) is 3.67. The van der Waals surface area contributed by atoms with E-state index in [0.717, 1.165) is 54.7 Å². The molecule has 1 saturated heterocycles. The number of hydrogen-bond donors (Lipinski definition) is 2. The Balaban J connectivity index is 1.30. The molecule has 0 bridgehead atoms. The van der Waals surface area contributed by atoms with Gasteiger partial charge in [-0.25, -0.2) is 9.97 Å². The summed E-state index contributed by atoms with van der Waals surface area (Å²) in [6.07, 6.45) is 2.73. The minimum atomic E-state index is 0.311. The van der Waals surface area contributed by atoms with Gasteiger partial charge in [0.15, 0.2) is 5.82 Å². The summed E-state index contributed by atoms with van der Waals surface area (Å²) in [7, 11) is 0. The van der Waals surface area contributed by atoms with Gasteiger partial charge in [-0.15, -0.1) is 0 Å². The van der Waals surface area contributed by atoms with Gasteiger partial charge in [0.25, 0.3) is 5.89 Å². The van der Waals surface area contributed by atoms with E-state index >= 15 is 0 Å². The van der Waals surface area contributed by atoms with Crippen LogP contribution in [0.15, 0.2) is 41.1 Å². The van der Waals surface area contributed by atoms with Crippen molar-refractivity contribution >= 4 is 29.2 Å². The number of nitrogens with zero attached hydrogens (tertiary/aromatic N) is 6. The Labute approximate surface area is 184 Å². The number of aryl methyl sites for hydroxylation is 1. The number of pyridine rings is 1. The summed E-state index contributed by atoms with van der Waals surface area (Å²) < 4.78 is 5.25. The van der Waals surface area contributed by atoms with Crippen molar-refractivity contribution in [1.82, 2.24) is 34.9 Å². The molecule has 0 spiro atoms. The maximum Gasteiger partial charge on any atom is 0.257 e. The van der Waals surface area contributed by atoms with E-state index in [9.17, 15) is 4.79 Å². The minimum Gasteiger partial charge on any atom is -0.342 e. The lowest BCUT2D eigenvalue weighted by Gasteiger charge is -2.38. The van der Waals surface area contributed by atoms with E-state index in [-0.39, 0.29) is 0 Å². The van der Waals surface area contributed by atoms with Crippen LogP contribution in [0, 0.1) is 6.92 Å². The first-order valence-electron chi connectivity index (χ1n) is 10.5. The smallest absolute Gasteiger partial charge is 0.257 e. The highest BCUT2D eigenvalue weighted by Gasteiger charge is 2.22. The van der Waals surface area contributed by atoms with E-state index in [1.54, 1.807) is 13.1 Å². The van der Waals surface area contributed by atoms with Crippen LogP contribution in [-0.2, 0) is 11.3 Å². The van der Waals surface area contributed by atoms with Crippen molar-refractivity contribution < 1.29 is 9.32 Å². The third-order valence-corrected chi connectivity index (χ3v) is 5.66. The molecule has 1 fully saturated rings. The average molecular weight is 432 g/mol. The number of carbonyl (C=O) groups excluding carboxylic acids is 1. The molecule has 1 aromatic carbocycles. The lowest BCUT2D eigenvalue weighted by Crippen LogP contribution is -2.50. The molecule has 2 N–H and O–H groups in total. The number of H-pyrrole nitrogens is 1. The topological polar surface area (TPSA) is 116 Å². The molecule has 0 saturated carbocycles. The number of rotatable bonds is 6. The normalized spacial score (nSPS) is 17.1. The van der Waals surface area contributed by atoms with Crippen molar-refractivity contribution in [3.8, 4) is 11.5 Å². The van der Waals surface area contributed by atoms with Crippen LogP contribution >= 0.6 is 0 Å². The van der Waals surface area contributed by atoms with Crippen LogP contribution in [0.4, 0.5) is 11.8 Å². The summed E-state index contributed by atoms with van der Waals surface area (Å²) in [6, 6.07) is 10.1. The van der Waals surface area contributed by atoms with Crippen molar-refractivity contribution in [2.45, 2.75) is 26.4 Å². The number of imidazole rings is 1. The summed E-state index contributed by atoms with van der Waals surface area (Å²) in [6.45, 7) is 7.11. The molecule has 1 aliphatic rings. The van der Waals surface area contributed by atoms with Crippen LogP contribution in [0.5, 0.6) is 0 Å². The maximum absolute atomic E-state index is 11.0. The van der Waals surface area contributed by atoms with Crippen molar-refractivity contribution in [1.29, 1.82) is 0 Å². The second kappa shape index (κ2) is 8.39. The van der Waals surface area contributed by atoms with Crippen LogP contribution in [0.25, 0.3) is 22.5 Å². The molecule has 1 atom stereocenters. The fourth-order valence-corrected chi connectivity index (χ4v) is 3.97. The predicted molar refractivity (Wildman–Crippen MR) is 119 cm³/mol. The van der Waals surface area contributed by atoms with E-state index in [1.165, 1.54) is 0 Å². The maximum atomic E-state index is 11.0. The van der Waals surface area contributed by atoms with Gasteiger partial charge in [-0.3, -0.25) is 9.69 Å². The zero-order chi connectivity index (χ0) is 22.1. The molecule has 32 heavy (non-hydrogen) atoms. The molecule has 0 radical (unpaired) electrons. The molecular formula is C22H24N8O2. The standard InChI is InChI=1S/C22H24N8O2/c1-14-11-29(13-31)7-8-30(14)12-16-5-6-23-20(9-16)27-22-25-18-4-3-17(10-19(18)26-22)21-24-15(2)28-32-21/h3-6,9-10,13-14H,7-8,11-12H2,1-2H3,(H2,23,25,26,27)/t14-/m1/s1. The molecular weight excluding hydrogens is 408 g/mol. The lowest BCUT2D eigenvalue weighted by atomic mass is 10.1. The van der Waals surface area contributed by atoms with E-state index in [2.05, 4.69) is 42.2 Å². The summed E-state index contributed by atoms with van der Waals surface area (Å²) in [4.78, 5) is 31.8. The minimum absolute atomic E-state index is 0.311. The average Bonchev–Trinajstić information content (AvgIpc) is 3.40. The molecule has 10 heteroatoms. The van der Waals surface area contributed by atoms with Gasteiger partial charge >= 0.3 is 0 Å². The van der Waals surface area contributed by atoms with Crippen molar-refractivity contribution in [3.63, 3.8) is 0 Å². The number of aromatic nitrogens is 5. The number of hydrogen-bond acceptors (Lipinski definition) is 8. The number of piperazine rings is 1. The summed E-state index contributed by atoms with van der Waals surface area (Å²) >= 11 is 0. The number of amides is 1. The number of anilines is 2. The number of fused-ring (bicyclic) bond motifs is 1. The molecule has 4 aromatic rings. The van der Waals surface area contributed by atoms with Gasteiger partial charge in [0.05, 0.1) is 11.0 Å². The van der Waals surface area contributed by atoms with Crippen LogP contribution in [-0.4, -0.2) is 67.0 Å². The van der Waals surface area contributed by atoms with Crippen molar-refractivity contribution in [2.24, 2.45) is 0 Å². The zero-order valence-corrected chi connectivity index (χ0v) is 17.9. The Hall–Kier alpha value is -3.79. The first kappa shape index (κ1) is 20.1. The van der Waals surface area contributed by atoms with Crippen LogP contribution < -0.4 is 5.32 Å². The van der Waals surface area contributed by atoms with Gasteiger partial charge in [-0.2, -0.15) is 4.98 Å². The van der Waals surface area contributed by atoms with Gasteiger partial charge in [-0.05, 0) is 49.7 Å². The fraction of sp³-hybridized carbons (Fsp3) is 0.318. The molecule has 10 nitrogen and oxygen atoms in total. The van der Waals surface area contributed by atoms with E-state index < -0.39 is 0 Å². The molecule has 0 unspecified atom stereocenters. The Kier molecular flexibility index (Phi) is 5.28. The Morgan fingerprint density at radius 2 is 2.16 bits per heavy atom. The quantitative estimate of drug-likeness (QED) is 0.447. The first-order valence-corrected chi connectivity index (χ1v) is 10.5. The fourth-order valence-electron chi connectivity index (χ4n) is 3.97. The molecule has 0 aliphatic carbocycles. The monoisotopic (exact) mass is 432 g/mol. The molecule has 5 rings (SSSR count). The van der Waals surface area contributed by atoms with Gasteiger partial charge in [0.2, 0.25) is 12.4 Å². The molecule has 3 aromatic heterocycles. The van der Waals surface area contributed by atoms with Crippen LogP contribution in [0.3, 0.4) is 0 Å². The van der Waals surface area contributed by atoms with E-state index in [4.69, 9.17) is 4.52 Å². The van der Waals surface area contributed by atoms with Gasteiger partial charge in [-0.1, -0.05) is 5.16 Å². The van der Waals surface area contributed by atoms with Crippen LogP contribution in [0.1, 0.15) is 18.3 Å². The Morgan fingerprint density at radius 1 is 1.25 bits per heavy atom. The highest BCUT2D eigenvalue weighted by Crippen LogP contribution is 2.24. The molecule has 1 aliphatic heterocycles. The number of benzene rings is 1. The lowest BCUT2D eigenvalue weighted by molar-refractivity contribution is -0.120. The zero-order valence-electron chi connectivity index (χ0n) is 17.9. The Morgan fingerprint density at radius 3 is 2.94 bits per heavy atom. The van der Waals surface area contributed by atoms with Crippen molar-refractivity contribution in [2.75, 3.05) is 25.0 Å². The van der Waals surface area contributed by atoms with Gasteiger partial charge in [0, 0.05) is 44.0 Å². The highest BCUT2D eigenvalue weighted by atomic mass is 16.5. The van der Waals surface area contributed by atoms with Gasteiger partial charge < -0.3 is 19.7 Å². The number of carbonyl (C=O) groups is 1. The Bertz CT molecular complexity index is 1250. The molecule has 164 valence electrons. The summed E-state index contributed by atoms with van der Waals surface area (Å²) in [5.74, 6) is 2.40. The molecule has 1 amide bonds. The first-order chi connectivity index (χ1) is 15.6. The number of aromatic amines is 1. The molecule has 4 heterocycles.